The number of furan rings is 1. The smallest absolute Gasteiger partial charge is 0.255 e. The fraction of sp³-hybridized carbons (Fsp3) is 0.276. The number of fused-ring (bicyclic) bond motifs is 1. The summed E-state index contributed by atoms with van der Waals surface area (Å²) < 4.78 is 50.6. The summed E-state index contributed by atoms with van der Waals surface area (Å²) in [4.78, 5) is 24.4. The van der Waals surface area contributed by atoms with E-state index in [1.807, 2.05) is 29.7 Å². The number of nitrogen functional groups attached to an aromatic ring is 1. The highest BCUT2D eigenvalue weighted by Crippen LogP contribution is 2.43. The summed E-state index contributed by atoms with van der Waals surface area (Å²) in [7, 11) is -0.666. The quantitative estimate of drug-likeness (QED) is 0.144. The van der Waals surface area contributed by atoms with Crippen molar-refractivity contribution in [3.63, 3.8) is 0 Å². The molecule has 0 aliphatic carbocycles. The maximum atomic E-state index is 13.7. The molecule has 1 unspecified atom stereocenters. The van der Waals surface area contributed by atoms with E-state index in [0.717, 1.165) is 11.3 Å². The summed E-state index contributed by atoms with van der Waals surface area (Å²) in [6, 6.07) is 13.7. The third-order valence-corrected chi connectivity index (χ3v) is 10.2. The fourth-order valence-electron chi connectivity index (χ4n) is 5.40. The molecule has 0 spiro atoms. The van der Waals surface area contributed by atoms with Gasteiger partial charge in [0.1, 0.15) is 22.1 Å². The van der Waals surface area contributed by atoms with E-state index in [0.29, 0.717) is 40.7 Å². The van der Waals surface area contributed by atoms with Crippen LogP contribution in [0.5, 0.6) is 0 Å². The number of rotatable bonds is 8. The van der Waals surface area contributed by atoms with Crippen LogP contribution in [0.3, 0.4) is 0 Å². The Labute approximate surface area is 247 Å². The lowest BCUT2D eigenvalue weighted by molar-refractivity contribution is 0.0964. The number of nitrogens with one attached hydrogen (secondary N) is 1. The molecule has 1 saturated heterocycles. The van der Waals surface area contributed by atoms with Crippen LogP contribution in [-0.4, -0.2) is 52.1 Å². The van der Waals surface area contributed by atoms with Gasteiger partial charge in [-0.1, -0.05) is 18.0 Å². The van der Waals surface area contributed by atoms with Crippen molar-refractivity contribution < 1.29 is 22.0 Å². The summed E-state index contributed by atoms with van der Waals surface area (Å²) in [6.07, 6.45) is 3.19. The molecule has 5 rings (SSSR count). The van der Waals surface area contributed by atoms with Crippen LogP contribution in [-0.2, 0) is 10.0 Å². The Morgan fingerprint density at radius 3 is 2.62 bits per heavy atom. The molecule has 1 atom stereocenters. The van der Waals surface area contributed by atoms with Crippen molar-refractivity contribution in [1.82, 2.24) is 9.62 Å². The van der Waals surface area contributed by atoms with E-state index in [1.165, 1.54) is 53.6 Å². The molecule has 0 saturated carbocycles. The summed E-state index contributed by atoms with van der Waals surface area (Å²) >= 11 is 1.47. The standard InChI is InChI=1S/C29H30FN5O5S2/c1-32-29(36)26-21-14-20(23(34(2)41-3)15-24(21)40-28(26)17-9-11-19(30)12-10-17)18-6-5-13-35(16-18)42(38,39)25-8-4-7-22(31)27(25)33-37/h4,7-12,14-15,18H,5-6,13,16,31H2,1-3H3,(H,32,36). The van der Waals surface area contributed by atoms with E-state index in [-0.39, 0.29) is 41.2 Å². The second-order valence-electron chi connectivity index (χ2n) is 9.97. The highest BCUT2D eigenvalue weighted by molar-refractivity contribution is 7.99. The van der Waals surface area contributed by atoms with Crippen molar-refractivity contribution in [2.45, 2.75) is 23.7 Å². The number of nitroso groups, excluding NO2 is 1. The molecule has 1 aliphatic heterocycles. The second-order valence-corrected chi connectivity index (χ2v) is 12.8. The van der Waals surface area contributed by atoms with Crippen LogP contribution in [0.1, 0.15) is 34.7 Å². The minimum atomic E-state index is -4.08. The zero-order valence-corrected chi connectivity index (χ0v) is 24.9. The SMILES string of the molecule is CNC(=O)c1c(-c2ccc(F)cc2)oc2cc(N(C)SC)c(C3CCCN(S(=O)(=O)c4cccc(N)c4N=O)C3)cc12. The van der Waals surface area contributed by atoms with Gasteiger partial charge in [-0.05, 0) is 72.0 Å². The molecule has 3 N–H and O–H groups in total. The average molecular weight is 612 g/mol. The van der Waals surface area contributed by atoms with E-state index in [2.05, 4.69) is 10.5 Å². The topological polar surface area (TPSA) is 138 Å². The monoisotopic (exact) mass is 611 g/mol. The van der Waals surface area contributed by atoms with Gasteiger partial charge in [-0.2, -0.15) is 4.31 Å². The zero-order valence-electron chi connectivity index (χ0n) is 23.3. The summed E-state index contributed by atoms with van der Waals surface area (Å²) in [5.74, 6) is -0.706. The lowest BCUT2D eigenvalue weighted by Crippen LogP contribution is -2.39. The summed E-state index contributed by atoms with van der Waals surface area (Å²) in [6.45, 7) is 0.417. The van der Waals surface area contributed by atoms with Gasteiger partial charge in [-0.3, -0.25) is 4.79 Å². The number of nitrogens with zero attached hydrogens (tertiary/aromatic N) is 3. The van der Waals surface area contributed by atoms with Gasteiger partial charge in [-0.15, -0.1) is 4.91 Å². The van der Waals surface area contributed by atoms with Crippen molar-refractivity contribution in [1.29, 1.82) is 0 Å². The van der Waals surface area contributed by atoms with Crippen LogP contribution in [0.15, 0.2) is 69.1 Å². The average Bonchev–Trinajstić information content (AvgIpc) is 3.38. The molecule has 220 valence electrons. The molecule has 10 nitrogen and oxygen atoms in total. The highest BCUT2D eigenvalue weighted by atomic mass is 32.2. The maximum Gasteiger partial charge on any atom is 0.255 e. The van der Waals surface area contributed by atoms with Gasteiger partial charge in [0.25, 0.3) is 5.91 Å². The van der Waals surface area contributed by atoms with E-state index < -0.39 is 15.8 Å². The Morgan fingerprint density at radius 2 is 1.95 bits per heavy atom. The number of piperidine rings is 1. The molecule has 1 fully saturated rings. The first-order valence-electron chi connectivity index (χ1n) is 13.2. The number of carbonyl (C=O) groups is 1. The lowest BCUT2D eigenvalue weighted by Gasteiger charge is -2.34. The minimum absolute atomic E-state index is 0.00684. The Morgan fingerprint density at radius 1 is 1.21 bits per heavy atom. The van der Waals surface area contributed by atoms with Gasteiger partial charge in [0.15, 0.2) is 5.69 Å². The number of hydrogen-bond acceptors (Lipinski definition) is 9. The molecule has 1 amide bonds. The van der Waals surface area contributed by atoms with E-state index >= 15 is 0 Å². The third kappa shape index (κ3) is 5.23. The number of benzene rings is 3. The first-order valence-corrected chi connectivity index (χ1v) is 15.8. The molecular formula is C29H30FN5O5S2. The molecule has 4 aromatic rings. The predicted octanol–water partition coefficient (Wildman–Crippen LogP) is 5.86. The number of amides is 1. The normalized spacial score (nSPS) is 16.0. The zero-order chi connectivity index (χ0) is 30.2. The molecule has 0 radical (unpaired) electrons. The van der Waals surface area contributed by atoms with Gasteiger partial charge in [0, 0.05) is 50.5 Å². The van der Waals surface area contributed by atoms with Gasteiger partial charge in [0.05, 0.1) is 16.9 Å². The van der Waals surface area contributed by atoms with Crippen LogP contribution >= 0.6 is 11.9 Å². The van der Waals surface area contributed by atoms with Crippen molar-refractivity contribution in [3.8, 4) is 11.3 Å². The van der Waals surface area contributed by atoms with Crippen LogP contribution in [0.2, 0.25) is 0 Å². The van der Waals surface area contributed by atoms with Gasteiger partial charge < -0.3 is 19.8 Å². The van der Waals surface area contributed by atoms with Gasteiger partial charge >= 0.3 is 0 Å². The van der Waals surface area contributed by atoms with Gasteiger partial charge in [0.2, 0.25) is 10.0 Å². The Kier molecular flexibility index (Phi) is 8.26. The Bertz CT molecular complexity index is 1780. The molecule has 0 bridgehead atoms. The predicted molar refractivity (Wildman–Crippen MR) is 164 cm³/mol. The first-order chi connectivity index (χ1) is 20.1. The van der Waals surface area contributed by atoms with E-state index in [1.54, 1.807) is 12.1 Å². The van der Waals surface area contributed by atoms with Crippen LogP contribution < -0.4 is 15.4 Å². The molecular weight excluding hydrogens is 581 g/mol. The molecule has 13 heteroatoms. The van der Waals surface area contributed by atoms with Crippen molar-refractivity contribution >= 4 is 55.9 Å². The largest absolute Gasteiger partial charge is 0.455 e. The maximum absolute atomic E-state index is 13.7. The molecule has 1 aromatic heterocycles. The second kappa shape index (κ2) is 11.7. The number of nitrogens with two attached hydrogens (primary N) is 1. The third-order valence-electron chi connectivity index (χ3n) is 7.57. The van der Waals surface area contributed by atoms with Gasteiger partial charge in [-0.25, -0.2) is 12.8 Å². The molecule has 42 heavy (non-hydrogen) atoms. The van der Waals surface area contributed by atoms with Crippen molar-refractivity contribution in [2.24, 2.45) is 5.18 Å². The highest BCUT2D eigenvalue weighted by Gasteiger charge is 2.35. The number of halogens is 1. The lowest BCUT2D eigenvalue weighted by atomic mass is 9.89. The Balaban J connectivity index is 1.64. The van der Waals surface area contributed by atoms with Crippen LogP contribution in [0.4, 0.5) is 21.5 Å². The summed E-state index contributed by atoms with van der Waals surface area (Å²) in [5, 5.41) is 6.13. The van der Waals surface area contributed by atoms with Crippen molar-refractivity contribution in [3.05, 3.63) is 76.4 Å². The number of carbonyl (C=O) groups excluding carboxylic acids is 1. The minimum Gasteiger partial charge on any atom is -0.455 e. The molecule has 2 heterocycles. The van der Waals surface area contributed by atoms with E-state index in [4.69, 9.17) is 10.2 Å². The fourth-order valence-corrected chi connectivity index (χ4v) is 7.43. The number of sulfonamides is 1. The number of anilines is 2. The Hall–Kier alpha value is -3.94. The van der Waals surface area contributed by atoms with E-state index in [9.17, 15) is 22.5 Å². The van der Waals surface area contributed by atoms with Crippen LogP contribution in [0.25, 0.3) is 22.3 Å². The molecule has 3 aromatic carbocycles. The van der Waals surface area contributed by atoms with Crippen LogP contribution in [0, 0.1) is 10.7 Å². The first kappa shape index (κ1) is 29.5. The summed E-state index contributed by atoms with van der Waals surface area (Å²) in [5.41, 5.74) is 8.52. The number of hydrogen-bond donors (Lipinski definition) is 2. The molecule has 1 aliphatic rings. The van der Waals surface area contributed by atoms with Crippen molar-refractivity contribution in [2.75, 3.05) is 43.5 Å².